The van der Waals surface area contributed by atoms with Gasteiger partial charge in [-0.15, -0.1) is 11.3 Å². The van der Waals surface area contributed by atoms with E-state index in [1.165, 1.54) is 22.2 Å². The molecule has 0 aliphatic rings. The van der Waals surface area contributed by atoms with E-state index in [1.54, 1.807) is 26.1 Å². The number of halogens is 1. The van der Waals surface area contributed by atoms with Crippen LogP contribution in [-0.2, 0) is 13.6 Å². The second-order valence-corrected chi connectivity index (χ2v) is 6.64. The van der Waals surface area contributed by atoms with E-state index >= 15 is 0 Å². The van der Waals surface area contributed by atoms with Crippen LogP contribution in [-0.4, -0.2) is 15.5 Å². The average molecular weight is 348 g/mol. The lowest BCUT2D eigenvalue weighted by molar-refractivity contribution is 0.0954. The van der Waals surface area contributed by atoms with Crippen molar-refractivity contribution in [2.24, 2.45) is 7.05 Å². The van der Waals surface area contributed by atoms with Gasteiger partial charge in [0.15, 0.2) is 0 Å². The molecular weight excluding hydrogens is 334 g/mol. The van der Waals surface area contributed by atoms with Crippen LogP contribution in [0, 0.1) is 6.92 Å². The number of thiophene rings is 1. The van der Waals surface area contributed by atoms with Gasteiger partial charge in [0.25, 0.3) is 11.5 Å². The molecule has 2 aromatic heterocycles. The molecule has 0 atom stereocenters. The lowest BCUT2D eigenvalue weighted by Crippen LogP contribution is -2.22. The minimum Gasteiger partial charge on any atom is -0.347 e. The summed E-state index contributed by atoms with van der Waals surface area (Å²) in [6.07, 6.45) is 1.47. The molecule has 1 N–H and O–H groups in total. The smallest absolute Gasteiger partial charge is 0.262 e. The number of nitrogens with zero attached hydrogens (tertiary/aromatic N) is 2. The Kier molecular flexibility index (Phi) is 4.19. The molecule has 7 heteroatoms. The number of aromatic nitrogens is 2. The van der Waals surface area contributed by atoms with Gasteiger partial charge >= 0.3 is 0 Å². The van der Waals surface area contributed by atoms with Crippen LogP contribution in [0.15, 0.2) is 35.4 Å². The Morgan fingerprint density at radius 2 is 2.04 bits per heavy atom. The van der Waals surface area contributed by atoms with Gasteiger partial charge in [0.2, 0.25) is 0 Å². The molecule has 0 radical (unpaired) electrons. The molecule has 0 saturated carbocycles. The standard InChI is InChI=1S/C16H14ClN3O2S/c1-9-12-15(19-8-20(2)16(12)22)23-13(9)14(21)18-7-10-3-5-11(17)6-4-10/h3-6,8H,7H2,1-2H3,(H,18,21). The van der Waals surface area contributed by atoms with Gasteiger partial charge in [-0.25, -0.2) is 4.98 Å². The molecule has 118 valence electrons. The summed E-state index contributed by atoms with van der Waals surface area (Å²) in [5.41, 5.74) is 1.49. The molecule has 1 amide bonds. The molecular formula is C16H14ClN3O2S. The van der Waals surface area contributed by atoms with Crippen molar-refractivity contribution in [1.82, 2.24) is 14.9 Å². The number of hydrogen-bond acceptors (Lipinski definition) is 4. The number of fused-ring (bicyclic) bond motifs is 1. The molecule has 3 aromatic rings. The predicted molar refractivity (Wildman–Crippen MR) is 92.2 cm³/mol. The number of carbonyl (C=O) groups excluding carboxylic acids is 1. The van der Waals surface area contributed by atoms with Crippen molar-refractivity contribution in [3.05, 3.63) is 62.0 Å². The summed E-state index contributed by atoms with van der Waals surface area (Å²) >= 11 is 7.07. The van der Waals surface area contributed by atoms with Crippen molar-refractivity contribution in [1.29, 1.82) is 0 Å². The van der Waals surface area contributed by atoms with Gasteiger partial charge < -0.3 is 9.88 Å². The molecule has 2 heterocycles. The van der Waals surface area contributed by atoms with Crippen molar-refractivity contribution in [2.45, 2.75) is 13.5 Å². The van der Waals surface area contributed by atoms with Crippen LogP contribution >= 0.6 is 22.9 Å². The molecule has 0 bridgehead atoms. The van der Waals surface area contributed by atoms with Crippen LogP contribution in [0.25, 0.3) is 10.2 Å². The van der Waals surface area contributed by atoms with Crippen LogP contribution in [0.1, 0.15) is 20.8 Å². The topological polar surface area (TPSA) is 64.0 Å². The molecule has 0 unspecified atom stereocenters. The first-order valence-corrected chi connectivity index (χ1v) is 8.14. The summed E-state index contributed by atoms with van der Waals surface area (Å²) in [5, 5.41) is 4.03. The highest BCUT2D eigenvalue weighted by Crippen LogP contribution is 2.26. The Hall–Kier alpha value is -2.18. The molecule has 23 heavy (non-hydrogen) atoms. The highest BCUT2D eigenvalue weighted by molar-refractivity contribution is 7.20. The first-order valence-electron chi connectivity index (χ1n) is 6.94. The third kappa shape index (κ3) is 3.00. The summed E-state index contributed by atoms with van der Waals surface area (Å²) < 4.78 is 1.41. The monoisotopic (exact) mass is 347 g/mol. The molecule has 5 nitrogen and oxygen atoms in total. The zero-order valence-corrected chi connectivity index (χ0v) is 14.2. The summed E-state index contributed by atoms with van der Waals surface area (Å²) in [4.78, 5) is 29.9. The van der Waals surface area contributed by atoms with E-state index in [1.807, 2.05) is 12.1 Å². The Balaban J connectivity index is 1.86. The van der Waals surface area contributed by atoms with Crippen molar-refractivity contribution < 1.29 is 4.79 Å². The van der Waals surface area contributed by atoms with Crippen LogP contribution in [0.3, 0.4) is 0 Å². The largest absolute Gasteiger partial charge is 0.347 e. The van der Waals surface area contributed by atoms with E-state index < -0.39 is 0 Å². The second-order valence-electron chi connectivity index (χ2n) is 5.21. The first kappa shape index (κ1) is 15.7. The maximum absolute atomic E-state index is 12.4. The summed E-state index contributed by atoms with van der Waals surface area (Å²) in [7, 11) is 1.64. The van der Waals surface area contributed by atoms with Gasteiger partial charge in [-0.1, -0.05) is 23.7 Å². The summed E-state index contributed by atoms with van der Waals surface area (Å²) in [6.45, 7) is 2.17. The molecule has 1 aromatic carbocycles. The van der Waals surface area contributed by atoms with Crippen LogP contribution in [0.4, 0.5) is 0 Å². The Morgan fingerprint density at radius 3 is 2.74 bits per heavy atom. The van der Waals surface area contributed by atoms with E-state index in [4.69, 9.17) is 11.6 Å². The summed E-state index contributed by atoms with van der Waals surface area (Å²) in [6, 6.07) is 7.28. The van der Waals surface area contributed by atoms with Crippen molar-refractivity contribution in [2.75, 3.05) is 0 Å². The fourth-order valence-corrected chi connectivity index (χ4v) is 3.47. The van der Waals surface area contributed by atoms with Gasteiger partial charge in [-0.3, -0.25) is 9.59 Å². The van der Waals surface area contributed by atoms with Crippen molar-refractivity contribution >= 4 is 39.1 Å². The van der Waals surface area contributed by atoms with E-state index in [9.17, 15) is 9.59 Å². The average Bonchev–Trinajstić information content (AvgIpc) is 2.88. The maximum atomic E-state index is 12.4. The van der Waals surface area contributed by atoms with Gasteiger partial charge in [-0.05, 0) is 30.2 Å². The fraction of sp³-hybridized carbons (Fsp3) is 0.188. The van der Waals surface area contributed by atoms with E-state index in [2.05, 4.69) is 10.3 Å². The fourth-order valence-electron chi connectivity index (χ4n) is 2.29. The molecule has 0 aliphatic carbocycles. The van der Waals surface area contributed by atoms with E-state index in [-0.39, 0.29) is 11.5 Å². The maximum Gasteiger partial charge on any atom is 0.262 e. The number of aryl methyl sites for hydroxylation is 2. The molecule has 0 fully saturated rings. The molecule has 0 saturated heterocycles. The number of hydrogen-bond donors (Lipinski definition) is 1. The minimum absolute atomic E-state index is 0.138. The second kappa shape index (κ2) is 6.14. The molecule has 0 spiro atoms. The van der Waals surface area contributed by atoms with Crippen molar-refractivity contribution in [3.63, 3.8) is 0 Å². The number of rotatable bonds is 3. The van der Waals surface area contributed by atoms with Crippen LogP contribution in [0.2, 0.25) is 5.02 Å². The van der Waals surface area contributed by atoms with Gasteiger partial charge in [0.1, 0.15) is 4.83 Å². The molecule has 3 rings (SSSR count). The van der Waals surface area contributed by atoms with Gasteiger partial charge in [-0.2, -0.15) is 0 Å². The molecule has 0 aliphatic heterocycles. The normalized spacial score (nSPS) is 10.9. The van der Waals surface area contributed by atoms with Crippen LogP contribution in [0.5, 0.6) is 0 Å². The Morgan fingerprint density at radius 1 is 1.35 bits per heavy atom. The summed E-state index contributed by atoms with van der Waals surface area (Å²) in [5.74, 6) is -0.206. The predicted octanol–water partition coefficient (Wildman–Crippen LogP) is 2.89. The third-order valence-electron chi connectivity index (χ3n) is 3.58. The SMILES string of the molecule is Cc1c(C(=O)NCc2ccc(Cl)cc2)sc2ncn(C)c(=O)c12. The van der Waals surface area contributed by atoms with E-state index in [0.29, 0.717) is 32.2 Å². The van der Waals surface area contributed by atoms with Crippen molar-refractivity contribution in [3.8, 4) is 0 Å². The number of carbonyl (C=O) groups is 1. The Bertz CT molecular complexity index is 944. The zero-order valence-electron chi connectivity index (χ0n) is 12.6. The lowest BCUT2D eigenvalue weighted by atomic mass is 10.2. The quantitative estimate of drug-likeness (QED) is 0.792. The van der Waals surface area contributed by atoms with Gasteiger partial charge in [0, 0.05) is 18.6 Å². The number of amides is 1. The van der Waals surface area contributed by atoms with E-state index in [0.717, 1.165) is 5.56 Å². The Labute approximate surface area is 141 Å². The third-order valence-corrected chi connectivity index (χ3v) is 5.03. The number of benzene rings is 1. The van der Waals surface area contributed by atoms with Crippen LogP contribution < -0.4 is 10.9 Å². The highest BCUT2D eigenvalue weighted by Gasteiger charge is 2.18. The zero-order chi connectivity index (χ0) is 16.6. The van der Waals surface area contributed by atoms with Gasteiger partial charge in [0.05, 0.1) is 16.6 Å². The number of nitrogens with one attached hydrogen (secondary N) is 1. The highest BCUT2D eigenvalue weighted by atomic mass is 35.5. The minimum atomic E-state index is -0.206. The first-order chi connectivity index (χ1) is 11.0. The lowest BCUT2D eigenvalue weighted by Gasteiger charge is -2.04.